The fourth-order valence-electron chi connectivity index (χ4n) is 0.837. The molecular weight excluding hydrogens is 201 g/mol. The summed E-state index contributed by atoms with van der Waals surface area (Å²) >= 11 is 0.864. The molecule has 70 valence electrons. The largest absolute Gasteiger partial charge is 0.289 e. The first-order chi connectivity index (χ1) is 6.74. The molecule has 0 bridgehead atoms. The van der Waals surface area contributed by atoms with E-state index in [0.717, 1.165) is 11.8 Å². The third-order valence-corrected chi connectivity index (χ3v) is 1.85. The highest BCUT2D eigenvalue weighted by atomic mass is 32.2. The van der Waals surface area contributed by atoms with Gasteiger partial charge in [-0.3, -0.25) is 4.79 Å². The number of nitrogens with zero attached hydrogens (tertiary/aromatic N) is 1. The van der Waals surface area contributed by atoms with E-state index in [2.05, 4.69) is 0 Å². The highest BCUT2D eigenvalue weighted by Gasteiger charge is 2.00. The highest BCUT2D eigenvalue weighted by molar-refractivity contribution is 8.06. The van der Waals surface area contributed by atoms with E-state index < -0.39 is 0 Å². The Morgan fingerprint density at radius 1 is 1.43 bits per heavy atom. The summed E-state index contributed by atoms with van der Waals surface area (Å²) < 4.78 is 12.5. The Kier molecular flexibility index (Phi) is 3.89. The predicted molar refractivity (Wildman–Crippen MR) is 53.1 cm³/mol. The van der Waals surface area contributed by atoms with E-state index in [1.807, 2.05) is 0 Å². The molecule has 0 radical (unpaired) electrons. The number of allylic oxidation sites excluding steroid dienone is 1. The number of thioether (sulfide) groups is 1. The average molecular weight is 207 g/mol. The molecule has 0 aliphatic heterocycles. The fourth-order valence-corrected chi connectivity index (χ4v) is 1.09. The molecule has 0 heterocycles. The van der Waals surface area contributed by atoms with E-state index in [4.69, 9.17) is 5.26 Å². The molecule has 0 atom stereocenters. The summed E-state index contributed by atoms with van der Waals surface area (Å²) in [5.74, 6) is -0.621. The van der Waals surface area contributed by atoms with Crippen LogP contribution < -0.4 is 0 Å². The number of carbonyl (C=O) groups excluding carboxylic acids is 1. The molecule has 0 aliphatic carbocycles. The molecule has 1 aromatic rings. The van der Waals surface area contributed by atoms with Crippen LogP contribution in [0.25, 0.3) is 0 Å². The molecule has 0 fully saturated rings. The van der Waals surface area contributed by atoms with E-state index in [-0.39, 0.29) is 11.6 Å². The van der Waals surface area contributed by atoms with Gasteiger partial charge in [0, 0.05) is 5.56 Å². The smallest absolute Gasteiger partial charge is 0.186 e. The lowest BCUT2D eigenvalue weighted by molar-refractivity contribution is 0.104. The number of hydrogen-bond acceptors (Lipinski definition) is 3. The minimum atomic E-state index is -0.378. The van der Waals surface area contributed by atoms with Gasteiger partial charge >= 0.3 is 0 Å². The number of ketones is 1. The number of thiocyanates is 1. The maximum absolute atomic E-state index is 12.5. The number of carbonyl (C=O) groups is 1. The lowest BCUT2D eigenvalue weighted by atomic mass is 10.1. The van der Waals surface area contributed by atoms with Crippen molar-refractivity contribution in [2.75, 3.05) is 0 Å². The number of nitriles is 1. The lowest BCUT2D eigenvalue weighted by Crippen LogP contribution is -1.93. The first-order valence-electron chi connectivity index (χ1n) is 3.75. The van der Waals surface area contributed by atoms with Crippen LogP contribution in [0.1, 0.15) is 10.4 Å². The van der Waals surface area contributed by atoms with Gasteiger partial charge in [0.15, 0.2) is 5.78 Å². The van der Waals surface area contributed by atoms with Crippen LogP contribution in [-0.4, -0.2) is 5.78 Å². The van der Waals surface area contributed by atoms with Crippen molar-refractivity contribution in [3.63, 3.8) is 0 Å². The summed E-state index contributed by atoms with van der Waals surface area (Å²) in [4.78, 5) is 11.3. The molecule has 0 saturated carbocycles. The molecule has 0 unspecified atom stereocenters. The van der Waals surface area contributed by atoms with Gasteiger partial charge in [0.25, 0.3) is 0 Å². The Labute approximate surface area is 85.0 Å². The molecule has 0 aliphatic rings. The summed E-state index contributed by atoms with van der Waals surface area (Å²) in [5.41, 5.74) is 0.404. The van der Waals surface area contributed by atoms with Crippen LogP contribution >= 0.6 is 11.8 Å². The van der Waals surface area contributed by atoms with Crippen LogP contribution in [0.3, 0.4) is 0 Å². The van der Waals surface area contributed by atoms with Crippen molar-refractivity contribution in [3.8, 4) is 5.40 Å². The summed E-state index contributed by atoms with van der Waals surface area (Å²) in [6, 6.07) is 5.25. The third kappa shape index (κ3) is 3.04. The maximum Gasteiger partial charge on any atom is 0.186 e. The lowest BCUT2D eigenvalue weighted by Gasteiger charge is -1.93. The van der Waals surface area contributed by atoms with Crippen molar-refractivity contribution in [2.24, 2.45) is 0 Å². The van der Waals surface area contributed by atoms with Gasteiger partial charge in [-0.05, 0) is 47.5 Å². The first kappa shape index (κ1) is 10.5. The van der Waals surface area contributed by atoms with Crippen molar-refractivity contribution in [3.05, 3.63) is 47.1 Å². The number of rotatable bonds is 3. The van der Waals surface area contributed by atoms with Gasteiger partial charge in [-0.25, -0.2) is 4.39 Å². The summed E-state index contributed by atoms with van der Waals surface area (Å²) in [7, 11) is 0. The first-order valence-corrected chi connectivity index (χ1v) is 4.63. The molecule has 0 spiro atoms. The Bertz CT molecular complexity index is 392. The fraction of sp³-hybridized carbons (Fsp3) is 0. The molecule has 0 N–H and O–H groups in total. The highest BCUT2D eigenvalue weighted by Crippen LogP contribution is 2.06. The molecule has 4 heteroatoms. The van der Waals surface area contributed by atoms with Gasteiger partial charge in [-0.1, -0.05) is 0 Å². The van der Waals surface area contributed by atoms with Gasteiger partial charge in [0.05, 0.1) is 0 Å². The van der Waals surface area contributed by atoms with Gasteiger partial charge < -0.3 is 0 Å². The van der Waals surface area contributed by atoms with Gasteiger partial charge in [-0.15, -0.1) is 0 Å². The van der Waals surface area contributed by atoms with E-state index in [1.165, 1.54) is 35.7 Å². The summed E-state index contributed by atoms with van der Waals surface area (Å²) in [6.07, 6.45) is 1.28. The van der Waals surface area contributed by atoms with E-state index >= 15 is 0 Å². The number of hydrogen-bond donors (Lipinski definition) is 0. The van der Waals surface area contributed by atoms with E-state index in [1.54, 1.807) is 5.40 Å². The van der Waals surface area contributed by atoms with Crippen molar-refractivity contribution in [2.45, 2.75) is 0 Å². The molecule has 2 nitrogen and oxygen atoms in total. The molecule has 14 heavy (non-hydrogen) atoms. The standard InChI is InChI=1S/C10H6FNOS/c11-9-3-1-8(2-4-9)10(13)5-6-14-7-12/h1-6H. The third-order valence-electron chi connectivity index (χ3n) is 1.47. The maximum atomic E-state index is 12.5. The Morgan fingerprint density at radius 2 is 2.07 bits per heavy atom. The van der Waals surface area contributed by atoms with Crippen molar-refractivity contribution in [1.29, 1.82) is 5.26 Å². The van der Waals surface area contributed by atoms with Crippen LogP contribution in [0.15, 0.2) is 35.7 Å². The van der Waals surface area contributed by atoms with Crippen molar-refractivity contribution in [1.82, 2.24) is 0 Å². The predicted octanol–water partition coefficient (Wildman–Crippen LogP) is 2.74. The Morgan fingerprint density at radius 3 is 2.64 bits per heavy atom. The molecule has 0 saturated heterocycles. The zero-order valence-electron chi connectivity index (χ0n) is 7.11. The average Bonchev–Trinajstić information content (AvgIpc) is 2.19. The molecular formula is C10H6FNOS. The van der Waals surface area contributed by atoms with Crippen LogP contribution in [0, 0.1) is 16.5 Å². The van der Waals surface area contributed by atoms with Gasteiger partial charge in [0.1, 0.15) is 11.2 Å². The monoisotopic (exact) mass is 207 g/mol. The van der Waals surface area contributed by atoms with Crippen molar-refractivity contribution < 1.29 is 9.18 Å². The Balaban J connectivity index is 2.71. The SMILES string of the molecule is N#CSC=CC(=O)c1ccc(F)cc1. The van der Waals surface area contributed by atoms with Crippen LogP contribution in [0.2, 0.25) is 0 Å². The number of benzene rings is 1. The second-order valence-electron chi connectivity index (χ2n) is 2.38. The minimum Gasteiger partial charge on any atom is -0.289 e. The Hall–Kier alpha value is -1.60. The summed E-state index contributed by atoms with van der Waals surface area (Å²) in [6.45, 7) is 0. The zero-order chi connectivity index (χ0) is 10.4. The van der Waals surface area contributed by atoms with Gasteiger partial charge in [0.2, 0.25) is 0 Å². The van der Waals surface area contributed by atoms with Crippen LogP contribution in [0.4, 0.5) is 4.39 Å². The molecule has 1 aromatic carbocycles. The van der Waals surface area contributed by atoms with E-state index in [9.17, 15) is 9.18 Å². The van der Waals surface area contributed by atoms with E-state index in [0.29, 0.717) is 5.56 Å². The topological polar surface area (TPSA) is 40.9 Å². The zero-order valence-corrected chi connectivity index (χ0v) is 7.92. The second-order valence-corrected chi connectivity index (χ2v) is 3.07. The molecule has 0 amide bonds. The van der Waals surface area contributed by atoms with Crippen molar-refractivity contribution >= 4 is 17.5 Å². The van der Waals surface area contributed by atoms with Crippen LogP contribution in [-0.2, 0) is 0 Å². The second kappa shape index (κ2) is 5.20. The molecule has 1 rings (SSSR count). The summed E-state index contributed by atoms with van der Waals surface area (Å²) in [5, 5.41) is 11.4. The minimum absolute atomic E-state index is 0.243. The van der Waals surface area contributed by atoms with Gasteiger partial charge in [-0.2, -0.15) is 5.26 Å². The quantitative estimate of drug-likeness (QED) is 0.434. The normalized spacial score (nSPS) is 10.0. The number of halogens is 1. The molecule has 0 aromatic heterocycles. The van der Waals surface area contributed by atoms with Crippen LogP contribution in [0.5, 0.6) is 0 Å².